The van der Waals surface area contributed by atoms with Crippen LogP contribution in [0.4, 0.5) is 0 Å². The van der Waals surface area contributed by atoms with Crippen LogP contribution in [0.15, 0.2) is 28.6 Å². The quantitative estimate of drug-likeness (QED) is 0.408. The average molecular weight is 460 g/mol. The van der Waals surface area contributed by atoms with E-state index in [-0.39, 0.29) is 24.0 Å². The number of nitrogens with zero attached hydrogens (tertiary/aromatic N) is 2. The number of guanidine groups is 1. The van der Waals surface area contributed by atoms with E-state index in [1.165, 1.54) is 0 Å². The number of thiazole rings is 1. The minimum atomic E-state index is 0. The molecule has 2 aromatic rings. The lowest BCUT2D eigenvalue weighted by molar-refractivity contribution is 0.174. The highest BCUT2D eigenvalue weighted by molar-refractivity contribution is 14.0. The van der Waals surface area contributed by atoms with Crippen LogP contribution in [0.2, 0.25) is 0 Å². The second-order valence-electron chi connectivity index (χ2n) is 5.05. The normalized spacial score (nSPS) is 12.7. The van der Waals surface area contributed by atoms with Crippen molar-refractivity contribution in [1.82, 2.24) is 15.6 Å². The molecule has 0 bridgehead atoms. The summed E-state index contributed by atoms with van der Waals surface area (Å²) in [6, 6.07) is 5.93. The molecule has 0 aliphatic carbocycles. The van der Waals surface area contributed by atoms with Gasteiger partial charge in [-0.2, -0.15) is 0 Å². The fourth-order valence-electron chi connectivity index (χ4n) is 2.22. The molecule has 0 radical (unpaired) electrons. The first kappa shape index (κ1) is 18.8. The number of aliphatic imine (C=N–C) groups is 1. The van der Waals surface area contributed by atoms with Crippen LogP contribution in [0.1, 0.15) is 23.2 Å². The molecule has 0 saturated heterocycles. The summed E-state index contributed by atoms with van der Waals surface area (Å²) in [4.78, 5) is 8.77. The zero-order chi connectivity index (χ0) is 16.1. The Hall–Kier alpha value is -1.55. The van der Waals surface area contributed by atoms with Gasteiger partial charge in [-0.25, -0.2) is 4.98 Å². The van der Waals surface area contributed by atoms with E-state index < -0.39 is 0 Å². The fourth-order valence-corrected chi connectivity index (χ4v) is 2.97. The minimum absolute atomic E-state index is 0. The lowest BCUT2D eigenvalue weighted by Crippen LogP contribution is -2.36. The molecule has 1 aliphatic heterocycles. The van der Waals surface area contributed by atoms with Crippen molar-refractivity contribution in [3.05, 3.63) is 39.8 Å². The summed E-state index contributed by atoms with van der Waals surface area (Å²) in [6.07, 6.45) is 0.974. The summed E-state index contributed by atoms with van der Waals surface area (Å²) in [6.45, 7) is 3.73. The molecule has 0 saturated carbocycles. The van der Waals surface area contributed by atoms with Gasteiger partial charge in [-0.15, -0.1) is 35.3 Å². The van der Waals surface area contributed by atoms with E-state index in [0.29, 0.717) is 19.9 Å². The first-order valence-corrected chi connectivity index (χ1v) is 8.42. The number of rotatable bonds is 5. The average Bonchev–Trinajstić information content (AvgIpc) is 3.23. The summed E-state index contributed by atoms with van der Waals surface area (Å²) >= 11 is 1.69. The number of ether oxygens (including phenoxy) is 2. The summed E-state index contributed by atoms with van der Waals surface area (Å²) in [7, 11) is 1.76. The molecule has 1 aromatic heterocycles. The van der Waals surface area contributed by atoms with Crippen LogP contribution in [-0.4, -0.2) is 24.8 Å². The molecule has 130 valence electrons. The van der Waals surface area contributed by atoms with Crippen LogP contribution in [0.5, 0.6) is 11.5 Å². The molecule has 24 heavy (non-hydrogen) atoms. The predicted molar refractivity (Wildman–Crippen MR) is 107 cm³/mol. The van der Waals surface area contributed by atoms with Crippen LogP contribution < -0.4 is 20.1 Å². The van der Waals surface area contributed by atoms with Gasteiger partial charge in [0, 0.05) is 19.0 Å². The number of hydrogen-bond acceptors (Lipinski definition) is 5. The SMILES string of the molecule is CCc1nc(CNC(=NC)NCc2ccc3c(c2)OCO3)cs1.I. The number of fused-ring (bicyclic) bond motifs is 1. The van der Waals surface area contributed by atoms with Gasteiger partial charge in [-0.05, 0) is 24.1 Å². The van der Waals surface area contributed by atoms with Gasteiger partial charge in [0.2, 0.25) is 6.79 Å². The van der Waals surface area contributed by atoms with Crippen molar-refractivity contribution in [1.29, 1.82) is 0 Å². The third kappa shape index (κ3) is 4.73. The van der Waals surface area contributed by atoms with E-state index in [4.69, 9.17) is 9.47 Å². The predicted octanol–water partition coefficient (Wildman–Crippen LogP) is 2.92. The van der Waals surface area contributed by atoms with Crippen molar-refractivity contribution in [3.63, 3.8) is 0 Å². The minimum Gasteiger partial charge on any atom is -0.454 e. The van der Waals surface area contributed by atoms with E-state index in [9.17, 15) is 0 Å². The molecule has 3 rings (SSSR count). The Labute approximate surface area is 162 Å². The summed E-state index contributed by atoms with van der Waals surface area (Å²) in [5.41, 5.74) is 2.15. The van der Waals surface area contributed by atoms with Gasteiger partial charge >= 0.3 is 0 Å². The smallest absolute Gasteiger partial charge is 0.231 e. The van der Waals surface area contributed by atoms with Gasteiger partial charge in [0.15, 0.2) is 17.5 Å². The van der Waals surface area contributed by atoms with E-state index >= 15 is 0 Å². The molecule has 0 atom stereocenters. The summed E-state index contributed by atoms with van der Waals surface area (Å²) < 4.78 is 10.7. The molecule has 6 nitrogen and oxygen atoms in total. The second kappa shape index (κ2) is 9.07. The molecular weight excluding hydrogens is 439 g/mol. The summed E-state index contributed by atoms with van der Waals surface area (Å²) in [5, 5.41) is 9.80. The Morgan fingerprint density at radius 1 is 1.25 bits per heavy atom. The molecule has 2 N–H and O–H groups in total. The molecule has 8 heteroatoms. The third-order valence-electron chi connectivity index (χ3n) is 3.46. The largest absolute Gasteiger partial charge is 0.454 e. The molecule has 0 amide bonds. The molecule has 0 unspecified atom stereocenters. The number of aryl methyl sites for hydroxylation is 1. The maximum absolute atomic E-state index is 5.39. The van der Waals surface area contributed by atoms with Gasteiger partial charge in [0.25, 0.3) is 0 Å². The number of nitrogens with one attached hydrogen (secondary N) is 2. The monoisotopic (exact) mass is 460 g/mol. The van der Waals surface area contributed by atoms with Crippen LogP contribution >= 0.6 is 35.3 Å². The highest BCUT2D eigenvalue weighted by Crippen LogP contribution is 2.32. The standard InChI is InChI=1S/C16H20N4O2S.HI/c1-3-15-20-12(9-23-15)8-19-16(17-2)18-7-11-4-5-13-14(6-11)22-10-21-13;/h4-6,9H,3,7-8,10H2,1-2H3,(H2,17,18,19);1H. The topological polar surface area (TPSA) is 67.8 Å². The molecule has 0 spiro atoms. The maximum atomic E-state index is 5.39. The van der Waals surface area contributed by atoms with Gasteiger partial charge < -0.3 is 20.1 Å². The van der Waals surface area contributed by atoms with Gasteiger partial charge in [-0.1, -0.05) is 13.0 Å². The van der Waals surface area contributed by atoms with Crippen LogP contribution in [0.3, 0.4) is 0 Å². The Kier molecular flexibility index (Phi) is 7.10. The van der Waals surface area contributed by atoms with Gasteiger partial charge in [-0.3, -0.25) is 4.99 Å². The van der Waals surface area contributed by atoms with Crippen molar-refractivity contribution in [2.75, 3.05) is 13.8 Å². The van der Waals surface area contributed by atoms with Crippen molar-refractivity contribution in [2.24, 2.45) is 4.99 Å². The Bertz CT molecular complexity index is 705. The Morgan fingerprint density at radius 2 is 2.04 bits per heavy atom. The van der Waals surface area contributed by atoms with Crippen molar-refractivity contribution >= 4 is 41.3 Å². The van der Waals surface area contributed by atoms with E-state index in [1.54, 1.807) is 18.4 Å². The second-order valence-corrected chi connectivity index (χ2v) is 6.00. The van der Waals surface area contributed by atoms with E-state index in [0.717, 1.165) is 40.1 Å². The molecule has 2 heterocycles. The number of hydrogen-bond donors (Lipinski definition) is 2. The number of halogens is 1. The van der Waals surface area contributed by atoms with Crippen LogP contribution in [-0.2, 0) is 19.5 Å². The van der Waals surface area contributed by atoms with Crippen molar-refractivity contribution < 1.29 is 9.47 Å². The lowest BCUT2D eigenvalue weighted by atomic mass is 10.2. The van der Waals surface area contributed by atoms with Gasteiger partial charge in [0.05, 0.1) is 17.2 Å². The summed E-state index contributed by atoms with van der Waals surface area (Å²) in [5.74, 6) is 2.34. The first-order valence-electron chi connectivity index (χ1n) is 7.55. The maximum Gasteiger partial charge on any atom is 0.231 e. The fraction of sp³-hybridized carbons (Fsp3) is 0.375. The van der Waals surface area contributed by atoms with Crippen LogP contribution in [0.25, 0.3) is 0 Å². The Balaban J connectivity index is 0.00000208. The molecule has 1 aromatic carbocycles. The third-order valence-corrected chi connectivity index (χ3v) is 4.50. The number of benzene rings is 1. The van der Waals surface area contributed by atoms with Crippen molar-refractivity contribution in [2.45, 2.75) is 26.4 Å². The zero-order valence-electron chi connectivity index (χ0n) is 13.7. The van der Waals surface area contributed by atoms with E-state index in [1.807, 2.05) is 18.2 Å². The van der Waals surface area contributed by atoms with E-state index in [2.05, 4.69) is 32.9 Å². The van der Waals surface area contributed by atoms with Crippen molar-refractivity contribution in [3.8, 4) is 11.5 Å². The lowest BCUT2D eigenvalue weighted by Gasteiger charge is -2.11. The zero-order valence-corrected chi connectivity index (χ0v) is 16.8. The van der Waals surface area contributed by atoms with Gasteiger partial charge in [0.1, 0.15) is 0 Å². The highest BCUT2D eigenvalue weighted by Gasteiger charge is 2.13. The number of aromatic nitrogens is 1. The highest BCUT2D eigenvalue weighted by atomic mass is 127. The molecule has 0 fully saturated rings. The Morgan fingerprint density at radius 3 is 2.79 bits per heavy atom. The molecular formula is C16H21IN4O2S. The molecule has 1 aliphatic rings. The first-order chi connectivity index (χ1) is 11.3. The van der Waals surface area contributed by atoms with Crippen LogP contribution in [0, 0.1) is 0 Å².